The Balaban J connectivity index is 2.31. The van der Waals surface area contributed by atoms with Crippen LogP contribution in [0.5, 0.6) is 0 Å². The van der Waals surface area contributed by atoms with Gasteiger partial charge < -0.3 is 5.32 Å². The molecule has 0 aliphatic carbocycles. The van der Waals surface area contributed by atoms with Gasteiger partial charge in [0.25, 0.3) is 0 Å². The molecule has 4 nitrogen and oxygen atoms in total. The van der Waals surface area contributed by atoms with Crippen LogP contribution in [-0.4, -0.2) is 22.0 Å². The number of fused-ring (bicyclic) bond motifs is 1. The van der Waals surface area contributed by atoms with Crippen LogP contribution in [0, 0.1) is 6.92 Å². The van der Waals surface area contributed by atoms with Gasteiger partial charge in [-0.25, -0.2) is 15.0 Å². The summed E-state index contributed by atoms with van der Waals surface area (Å²) in [6, 6.07) is 3.99. The minimum Gasteiger partial charge on any atom is -0.373 e. The molecule has 3 aromatic rings. The predicted molar refractivity (Wildman–Crippen MR) is 90.3 cm³/mol. The quantitative estimate of drug-likeness (QED) is 0.665. The summed E-state index contributed by atoms with van der Waals surface area (Å²) < 4.78 is 1.92. The van der Waals surface area contributed by atoms with Crippen molar-refractivity contribution in [2.24, 2.45) is 0 Å². The highest BCUT2D eigenvalue weighted by Crippen LogP contribution is 2.33. The van der Waals surface area contributed by atoms with E-state index in [2.05, 4.69) is 52.1 Å². The zero-order valence-corrected chi connectivity index (χ0v) is 14.7. The van der Waals surface area contributed by atoms with E-state index in [1.807, 2.05) is 32.3 Å². The van der Waals surface area contributed by atoms with E-state index in [9.17, 15) is 0 Å². The van der Waals surface area contributed by atoms with Gasteiger partial charge in [-0.15, -0.1) is 11.3 Å². The smallest absolute Gasteiger partial charge is 0.173 e. The van der Waals surface area contributed by atoms with Crippen LogP contribution < -0.4 is 5.32 Å². The first kappa shape index (κ1) is 13.9. The minimum atomic E-state index is 0.690. The van der Waals surface area contributed by atoms with Crippen LogP contribution >= 0.6 is 43.2 Å². The average molecular weight is 414 g/mol. The molecule has 0 unspecified atom stereocenters. The molecular weight excluding hydrogens is 404 g/mol. The van der Waals surface area contributed by atoms with Gasteiger partial charge in [0.2, 0.25) is 0 Å². The van der Waals surface area contributed by atoms with Crippen molar-refractivity contribution in [2.45, 2.75) is 6.92 Å². The Morgan fingerprint density at radius 1 is 1.20 bits per heavy atom. The van der Waals surface area contributed by atoms with E-state index in [4.69, 9.17) is 0 Å². The number of rotatable bonds is 2. The second-order valence-electron chi connectivity index (χ2n) is 4.17. The second-order valence-corrected chi connectivity index (χ2v) is 7.18. The van der Waals surface area contributed by atoms with E-state index in [1.165, 1.54) is 0 Å². The number of thiazole rings is 1. The van der Waals surface area contributed by atoms with E-state index < -0.39 is 0 Å². The van der Waals surface area contributed by atoms with Gasteiger partial charge in [0.05, 0.1) is 15.4 Å². The average Bonchev–Trinajstić information content (AvgIpc) is 2.84. The predicted octanol–water partition coefficient (Wildman–Crippen LogP) is 4.63. The zero-order valence-electron chi connectivity index (χ0n) is 10.7. The first-order valence-corrected chi connectivity index (χ1v) is 8.26. The number of aryl methyl sites for hydroxylation is 1. The van der Waals surface area contributed by atoms with Gasteiger partial charge in [0.15, 0.2) is 5.82 Å². The lowest BCUT2D eigenvalue weighted by atomic mass is 10.2. The molecule has 7 heteroatoms. The lowest BCUT2D eigenvalue weighted by molar-refractivity contribution is 1.21. The number of nitrogens with one attached hydrogen (secondary N) is 1. The summed E-state index contributed by atoms with van der Waals surface area (Å²) in [6.45, 7) is 1.97. The maximum Gasteiger partial charge on any atom is 0.173 e. The largest absolute Gasteiger partial charge is 0.373 e. The minimum absolute atomic E-state index is 0.690. The molecule has 0 saturated heterocycles. The zero-order chi connectivity index (χ0) is 14.3. The van der Waals surface area contributed by atoms with Gasteiger partial charge in [-0.05, 0) is 35.0 Å². The number of halogens is 2. The van der Waals surface area contributed by atoms with Crippen LogP contribution in [0.4, 0.5) is 5.82 Å². The Kier molecular flexibility index (Phi) is 3.74. The number of anilines is 1. The molecule has 0 fully saturated rings. The van der Waals surface area contributed by atoms with Crippen molar-refractivity contribution in [1.29, 1.82) is 0 Å². The van der Waals surface area contributed by atoms with Crippen molar-refractivity contribution >= 4 is 59.9 Å². The van der Waals surface area contributed by atoms with E-state index in [0.29, 0.717) is 5.82 Å². The number of aromatic nitrogens is 3. The van der Waals surface area contributed by atoms with Gasteiger partial charge in [-0.1, -0.05) is 15.9 Å². The Hall–Kier alpha value is -1.05. The molecule has 2 aromatic heterocycles. The van der Waals surface area contributed by atoms with Crippen LogP contribution in [0.25, 0.3) is 21.6 Å². The summed E-state index contributed by atoms with van der Waals surface area (Å²) in [7, 11) is 1.86. The van der Waals surface area contributed by atoms with Crippen LogP contribution in [0.3, 0.4) is 0 Å². The van der Waals surface area contributed by atoms with E-state index in [-0.39, 0.29) is 0 Å². The van der Waals surface area contributed by atoms with Gasteiger partial charge in [0.1, 0.15) is 5.82 Å². The number of hydrogen-bond donors (Lipinski definition) is 1. The molecule has 1 N–H and O–H groups in total. The van der Waals surface area contributed by atoms with Gasteiger partial charge in [0, 0.05) is 27.6 Å². The Bertz CT molecular complexity index is 800. The van der Waals surface area contributed by atoms with Crippen molar-refractivity contribution in [2.75, 3.05) is 12.4 Å². The van der Waals surface area contributed by atoms with Crippen LogP contribution in [-0.2, 0) is 0 Å². The van der Waals surface area contributed by atoms with Crippen molar-refractivity contribution < 1.29 is 0 Å². The van der Waals surface area contributed by atoms with Crippen molar-refractivity contribution in [1.82, 2.24) is 15.0 Å². The molecule has 1 aromatic carbocycles. The highest BCUT2D eigenvalue weighted by atomic mass is 79.9. The number of benzene rings is 1. The molecule has 3 rings (SSSR count). The number of hydrogen-bond acceptors (Lipinski definition) is 5. The second kappa shape index (κ2) is 5.38. The SMILES string of the molecule is CNc1nc(-c2cnc(C)s2)nc2c(Br)cc(Br)cc12. The maximum atomic E-state index is 4.66. The highest BCUT2D eigenvalue weighted by molar-refractivity contribution is 9.11. The molecule has 0 aliphatic rings. The molecule has 0 saturated carbocycles. The third kappa shape index (κ3) is 2.45. The Morgan fingerprint density at radius 3 is 2.65 bits per heavy atom. The summed E-state index contributed by atoms with van der Waals surface area (Å²) in [5, 5.41) is 5.11. The molecule has 0 atom stereocenters. The summed E-state index contributed by atoms with van der Waals surface area (Å²) in [4.78, 5) is 14.5. The summed E-state index contributed by atoms with van der Waals surface area (Å²) in [5.74, 6) is 1.49. The maximum absolute atomic E-state index is 4.66. The summed E-state index contributed by atoms with van der Waals surface area (Å²) in [6.07, 6.45) is 1.81. The van der Waals surface area contributed by atoms with E-state index in [1.54, 1.807) is 11.3 Å². The van der Waals surface area contributed by atoms with Crippen LogP contribution in [0.2, 0.25) is 0 Å². The highest BCUT2D eigenvalue weighted by Gasteiger charge is 2.13. The first-order chi connectivity index (χ1) is 9.58. The monoisotopic (exact) mass is 412 g/mol. The third-order valence-corrected chi connectivity index (χ3v) is 4.77. The normalized spacial score (nSPS) is 11.0. The van der Waals surface area contributed by atoms with Crippen molar-refractivity contribution in [3.05, 3.63) is 32.3 Å². The molecular formula is C13H10Br2N4S. The van der Waals surface area contributed by atoms with Crippen LogP contribution in [0.15, 0.2) is 27.3 Å². The standard InChI is InChI=1S/C13H10Br2N4S/c1-6-17-5-10(20-6)13-18-11-8(12(16-2)19-13)3-7(14)4-9(11)15/h3-5H,1-2H3,(H,16,18,19). The third-order valence-electron chi connectivity index (χ3n) is 2.80. The molecule has 0 radical (unpaired) electrons. The Morgan fingerprint density at radius 2 is 2.00 bits per heavy atom. The lowest BCUT2D eigenvalue weighted by Crippen LogP contribution is -1.98. The van der Waals surface area contributed by atoms with Crippen molar-refractivity contribution in [3.8, 4) is 10.7 Å². The number of nitrogens with zero attached hydrogens (tertiary/aromatic N) is 3. The molecule has 0 amide bonds. The first-order valence-electron chi connectivity index (χ1n) is 5.86. The van der Waals surface area contributed by atoms with Gasteiger partial charge >= 0.3 is 0 Å². The fourth-order valence-electron chi connectivity index (χ4n) is 1.92. The van der Waals surface area contributed by atoms with Gasteiger partial charge in [-0.2, -0.15) is 0 Å². The summed E-state index contributed by atoms with van der Waals surface area (Å²) >= 11 is 8.64. The van der Waals surface area contributed by atoms with E-state index >= 15 is 0 Å². The molecule has 0 spiro atoms. The lowest BCUT2D eigenvalue weighted by Gasteiger charge is -2.09. The molecule has 0 aliphatic heterocycles. The molecule has 2 heterocycles. The molecule has 102 valence electrons. The molecule has 20 heavy (non-hydrogen) atoms. The van der Waals surface area contributed by atoms with Crippen molar-refractivity contribution in [3.63, 3.8) is 0 Å². The van der Waals surface area contributed by atoms with Crippen LogP contribution in [0.1, 0.15) is 5.01 Å². The Labute approximate surface area is 136 Å². The summed E-state index contributed by atoms with van der Waals surface area (Å²) in [5.41, 5.74) is 0.883. The van der Waals surface area contributed by atoms with E-state index in [0.717, 1.165) is 35.6 Å². The fraction of sp³-hybridized carbons (Fsp3) is 0.154. The topological polar surface area (TPSA) is 50.7 Å². The molecule has 0 bridgehead atoms. The fourth-order valence-corrected chi connectivity index (χ4v) is 3.95. The van der Waals surface area contributed by atoms with Gasteiger partial charge in [-0.3, -0.25) is 0 Å².